The average Bonchev–Trinajstić information content (AvgIpc) is 3.59. The standard InChI is InChI=1S/C22H32O7/c1-12-15(26-12)6-7-16-18(28-16)10-20(23)27-14-4-2-13(3-5-14)22(21(24)25)9-8-17-19(11-22)29-17/h12-19H,2-11H2,1H3,(H,24,25). The average molecular weight is 408 g/mol. The molecule has 0 aromatic rings. The molecule has 29 heavy (non-hydrogen) atoms. The molecule has 0 aromatic carbocycles. The van der Waals surface area contributed by atoms with Crippen LogP contribution in [0.2, 0.25) is 0 Å². The Kier molecular flexibility index (Phi) is 5.11. The highest BCUT2D eigenvalue weighted by Gasteiger charge is 2.57. The Bertz CT molecular complexity index is 658. The maximum absolute atomic E-state index is 12.3. The summed E-state index contributed by atoms with van der Waals surface area (Å²) in [5.41, 5.74) is -0.648. The Morgan fingerprint density at radius 2 is 1.69 bits per heavy atom. The number of rotatable bonds is 8. The lowest BCUT2D eigenvalue weighted by atomic mass is 9.61. The summed E-state index contributed by atoms with van der Waals surface area (Å²) in [6.45, 7) is 2.07. The Labute approximate surface area is 171 Å². The number of fused-ring (bicyclic) bond motifs is 1. The third-order valence-corrected chi connectivity index (χ3v) is 7.94. The number of epoxide rings is 3. The van der Waals surface area contributed by atoms with E-state index in [4.69, 9.17) is 18.9 Å². The van der Waals surface area contributed by atoms with Gasteiger partial charge in [0.1, 0.15) is 6.10 Å². The highest BCUT2D eigenvalue weighted by molar-refractivity contribution is 5.75. The molecule has 3 aliphatic heterocycles. The van der Waals surface area contributed by atoms with Crippen molar-refractivity contribution in [2.24, 2.45) is 11.3 Å². The van der Waals surface area contributed by atoms with Crippen molar-refractivity contribution in [1.29, 1.82) is 0 Å². The van der Waals surface area contributed by atoms with Crippen molar-refractivity contribution in [3.05, 3.63) is 0 Å². The molecule has 0 spiro atoms. The molecule has 7 nitrogen and oxygen atoms in total. The van der Waals surface area contributed by atoms with Crippen molar-refractivity contribution >= 4 is 11.9 Å². The van der Waals surface area contributed by atoms with Gasteiger partial charge in [-0.25, -0.2) is 0 Å². The van der Waals surface area contributed by atoms with E-state index >= 15 is 0 Å². The van der Waals surface area contributed by atoms with Gasteiger partial charge in [-0.1, -0.05) is 0 Å². The van der Waals surface area contributed by atoms with E-state index in [2.05, 4.69) is 6.92 Å². The molecule has 3 saturated heterocycles. The van der Waals surface area contributed by atoms with E-state index in [1.807, 2.05) is 0 Å². The molecule has 7 heteroatoms. The number of carboxylic acid groups (broad SMARTS) is 1. The van der Waals surface area contributed by atoms with Crippen molar-refractivity contribution in [3.8, 4) is 0 Å². The zero-order valence-corrected chi connectivity index (χ0v) is 17.1. The molecule has 0 bridgehead atoms. The second-order valence-electron chi connectivity index (χ2n) is 9.75. The fourth-order valence-corrected chi connectivity index (χ4v) is 5.82. The van der Waals surface area contributed by atoms with Gasteiger partial charge in [0.2, 0.25) is 0 Å². The van der Waals surface area contributed by atoms with Gasteiger partial charge in [-0.2, -0.15) is 0 Å². The predicted octanol–water partition coefficient (Wildman–Crippen LogP) is 2.84. The van der Waals surface area contributed by atoms with Crippen LogP contribution in [-0.4, -0.2) is 59.8 Å². The van der Waals surface area contributed by atoms with Gasteiger partial charge in [-0.3, -0.25) is 9.59 Å². The number of carboxylic acids is 1. The van der Waals surface area contributed by atoms with E-state index < -0.39 is 11.4 Å². The zero-order chi connectivity index (χ0) is 20.2. The number of hydrogen-bond donors (Lipinski definition) is 1. The Hall–Kier alpha value is -1.18. The van der Waals surface area contributed by atoms with Crippen LogP contribution in [0.4, 0.5) is 0 Å². The molecule has 5 aliphatic rings. The van der Waals surface area contributed by atoms with E-state index in [0.717, 1.165) is 44.9 Å². The van der Waals surface area contributed by atoms with Gasteiger partial charge in [0, 0.05) is 0 Å². The van der Waals surface area contributed by atoms with E-state index in [1.54, 1.807) is 0 Å². The van der Waals surface area contributed by atoms with Crippen molar-refractivity contribution in [2.45, 2.75) is 114 Å². The minimum absolute atomic E-state index is 0.00287. The molecule has 0 amide bonds. The summed E-state index contributed by atoms with van der Waals surface area (Å²) in [7, 11) is 0. The maximum atomic E-state index is 12.3. The number of hydrogen-bond acceptors (Lipinski definition) is 6. The zero-order valence-electron chi connectivity index (χ0n) is 17.1. The molecule has 7 unspecified atom stereocenters. The SMILES string of the molecule is CC1OC1CCC1OC1CC(=O)OC1CCC(C2(C(=O)O)CCC3OC3C2)CC1. The molecule has 162 valence electrons. The molecule has 0 aromatic heterocycles. The lowest BCUT2D eigenvalue weighted by Crippen LogP contribution is -2.44. The van der Waals surface area contributed by atoms with Crippen molar-refractivity contribution < 1.29 is 33.6 Å². The quantitative estimate of drug-likeness (QED) is 0.487. The second-order valence-corrected chi connectivity index (χ2v) is 9.75. The first kappa shape index (κ1) is 19.8. The summed E-state index contributed by atoms with van der Waals surface area (Å²) in [5, 5.41) is 9.95. The Morgan fingerprint density at radius 1 is 0.966 bits per heavy atom. The molecule has 0 radical (unpaired) electrons. The van der Waals surface area contributed by atoms with Crippen molar-refractivity contribution in [3.63, 3.8) is 0 Å². The minimum atomic E-state index is -0.671. The lowest BCUT2D eigenvalue weighted by molar-refractivity contribution is -0.160. The molecule has 2 aliphatic carbocycles. The van der Waals surface area contributed by atoms with Crippen LogP contribution in [0, 0.1) is 11.3 Å². The fraction of sp³-hybridized carbons (Fsp3) is 0.909. The van der Waals surface area contributed by atoms with Gasteiger partial charge in [0.05, 0.1) is 48.5 Å². The van der Waals surface area contributed by atoms with Gasteiger partial charge in [-0.05, 0) is 70.6 Å². The van der Waals surface area contributed by atoms with Gasteiger partial charge >= 0.3 is 11.9 Å². The molecule has 3 heterocycles. The summed E-state index contributed by atoms with van der Waals surface area (Å²) < 4.78 is 22.3. The normalized spacial score (nSPS) is 47.8. The van der Waals surface area contributed by atoms with Gasteiger partial charge in [0.15, 0.2) is 0 Å². The van der Waals surface area contributed by atoms with Gasteiger partial charge in [-0.15, -0.1) is 0 Å². The van der Waals surface area contributed by atoms with E-state index in [9.17, 15) is 14.7 Å². The van der Waals surface area contributed by atoms with Gasteiger partial charge in [0.25, 0.3) is 0 Å². The molecule has 1 N–H and O–H groups in total. The second kappa shape index (κ2) is 7.50. The van der Waals surface area contributed by atoms with Crippen LogP contribution in [0.5, 0.6) is 0 Å². The van der Waals surface area contributed by atoms with E-state index in [0.29, 0.717) is 37.6 Å². The first-order chi connectivity index (χ1) is 13.9. The topological polar surface area (TPSA) is 101 Å². The van der Waals surface area contributed by atoms with Crippen molar-refractivity contribution in [1.82, 2.24) is 0 Å². The first-order valence-electron chi connectivity index (χ1n) is 11.3. The molecule has 7 atom stereocenters. The molecular formula is C22H32O7. The number of ether oxygens (including phenoxy) is 4. The number of esters is 1. The Morgan fingerprint density at radius 3 is 2.34 bits per heavy atom. The summed E-state index contributed by atoms with van der Waals surface area (Å²) in [6, 6.07) is 0. The van der Waals surface area contributed by atoms with E-state index in [1.165, 1.54) is 0 Å². The highest BCUT2D eigenvalue weighted by Crippen LogP contribution is 2.54. The maximum Gasteiger partial charge on any atom is 0.310 e. The smallest absolute Gasteiger partial charge is 0.310 e. The lowest BCUT2D eigenvalue weighted by Gasteiger charge is -2.42. The van der Waals surface area contributed by atoms with Crippen LogP contribution in [0.15, 0.2) is 0 Å². The fourth-order valence-electron chi connectivity index (χ4n) is 5.82. The Balaban J connectivity index is 1.04. The van der Waals surface area contributed by atoms with Crippen LogP contribution in [0.3, 0.4) is 0 Å². The third kappa shape index (κ3) is 4.19. The number of carbonyl (C=O) groups excluding carboxylic acids is 1. The highest BCUT2D eigenvalue weighted by atomic mass is 16.6. The molecular weight excluding hydrogens is 376 g/mol. The largest absolute Gasteiger partial charge is 0.481 e. The van der Waals surface area contributed by atoms with Crippen LogP contribution in [0.25, 0.3) is 0 Å². The summed E-state index contributed by atoms with van der Waals surface area (Å²) in [6.07, 6.45) is 8.90. The molecule has 5 rings (SSSR count). The summed E-state index contributed by atoms with van der Waals surface area (Å²) >= 11 is 0. The van der Waals surface area contributed by atoms with Crippen LogP contribution < -0.4 is 0 Å². The predicted molar refractivity (Wildman–Crippen MR) is 101 cm³/mol. The molecule has 2 saturated carbocycles. The summed E-state index contributed by atoms with van der Waals surface area (Å²) in [4.78, 5) is 24.4. The number of aliphatic carboxylic acids is 1. The van der Waals surface area contributed by atoms with E-state index in [-0.39, 0.29) is 36.3 Å². The number of carbonyl (C=O) groups is 2. The van der Waals surface area contributed by atoms with Crippen LogP contribution >= 0.6 is 0 Å². The summed E-state index contributed by atoms with van der Waals surface area (Å²) in [5.74, 6) is -0.699. The van der Waals surface area contributed by atoms with Gasteiger partial charge < -0.3 is 24.1 Å². The van der Waals surface area contributed by atoms with Crippen LogP contribution in [-0.2, 0) is 28.5 Å². The van der Waals surface area contributed by atoms with Crippen LogP contribution in [0.1, 0.15) is 71.1 Å². The molecule has 5 fully saturated rings. The monoisotopic (exact) mass is 408 g/mol. The third-order valence-electron chi connectivity index (χ3n) is 7.94. The first-order valence-corrected chi connectivity index (χ1v) is 11.3. The minimum Gasteiger partial charge on any atom is -0.481 e. The van der Waals surface area contributed by atoms with Crippen molar-refractivity contribution in [2.75, 3.05) is 0 Å².